The van der Waals surface area contributed by atoms with Crippen molar-refractivity contribution in [1.29, 1.82) is 0 Å². The maximum Gasteiger partial charge on any atom is 0.210 e. The molecule has 10 nitrogen and oxygen atoms in total. The summed E-state index contributed by atoms with van der Waals surface area (Å²) in [5, 5.41) is 18.4. The van der Waals surface area contributed by atoms with Crippen molar-refractivity contribution in [3.8, 4) is 17.2 Å². The van der Waals surface area contributed by atoms with Crippen LogP contribution < -0.4 is 5.14 Å². The lowest BCUT2D eigenvalue weighted by atomic mass is 10.2. The third-order valence-corrected chi connectivity index (χ3v) is 5.94. The molecule has 1 atom stereocenters. The van der Waals surface area contributed by atoms with Gasteiger partial charge in [-0.1, -0.05) is 17.3 Å². The van der Waals surface area contributed by atoms with Gasteiger partial charge in [0.05, 0.1) is 23.7 Å². The van der Waals surface area contributed by atoms with Crippen LogP contribution in [0.15, 0.2) is 24.3 Å². The van der Waals surface area contributed by atoms with Gasteiger partial charge >= 0.3 is 0 Å². The Morgan fingerprint density at radius 3 is 2.70 bits per heavy atom. The van der Waals surface area contributed by atoms with Crippen LogP contribution in [-0.2, 0) is 21.3 Å². The van der Waals surface area contributed by atoms with Gasteiger partial charge in [-0.05, 0) is 50.3 Å². The molecular weight excluding hydrogens is 406 g/mol. The fraction of sp³-hybridized carbons (Fsp3) is 0.474. The number of methoxy groups -OCH3 is 1. The van der Waals surface area contributed by atoms with Crippen molar-refractivity contribution in [3.63, 3.8) is 0 Å². The summed E-state index contributed by atoms with van der Waals surface area (Å²) in [6, 6.07) is 7.92. The van der Waals surface area contributed by atoms with Gasteiger partial charge in [-0.2, -0.15) is 5.10 Å². The lowest BCUT2D eigenvalue weighted by molar-refractivity contribution is 0.0771. The van der Waals surface area contributed by atoms with Crippen molar-refractivity contribution in [1.82, 2.24) is 29.8 Å². The van der Waals surface area contributed by atoms with Crippen molar-refractivity contribution in [3.05, 3.63) is 41.3 Å². The standard InChI is InChI=1S/C19H25N7O3S/c1-12-5-4-6-15(11-12)26-13(2)16(22-24-26)19-21-18(17(29-3)14-7-8-14)23-25(19)9-10-30(20,27)28/h4-6,11,14,17H,7-10H2,1-3H3,(H2,20,27,28). The Morgan fingerprint density at radius 1 is 1.30 bits per heavy atom. The van der Waals surface area contributed by atoms with Crippen LogP contribution >= 0.6 is 0 Å². The highest BCUT2D eigenvalue weighted by atomic mass is 32.2. The van der Waals surface area contributed by atoms with E-state index in [0.717, 1.165) is 29.8 Å². The Labute approximate surface area is 175 Å². The average Bonchev–Trinajstić information content (AvgIpc) is 3.31. The van der Waals surface area contributed by atoms with E-state index >= 15 is 0 Å². The number of ether oxygens (including phenoxy) is 1. The highest BCUT2D eigenvalue weighted by molar-refractivity contribution is 7.89. The first kappa shape index (κ1) is 20.6. The zero-order valence-electron chi connectivity index (χ0n) is 17.2. The molecule has 1 aliphatic rings. The molecule has 2 N–H and O–H groups in total. The van der Waals surface area contributed by atoms with Crippen LogP contribution in [-0.4, -0.2) is 51.0 Å². The Bertz CT molecular complexity index is 1160. The van der Waals surface area contributed by atoms with Gasteiger partial charge in [0, 0.05) is 7.11 Å². The van der Waals surface area contributed by atoms with Crippen LogP contribution in [0.4, 0.5) is 0 Å². The van der Waals surface area contributed by atoms with Crippen molar-refractivity contribution < 1.29 is 13.2 Å². The molecule has 0 spiro atoms. The molecule has 11 heteroatoms. The predicted octanol–water partition coefficient (Wildman–Crippen LogP) is 1.53. The number of hydrogen-bond acceptors (Lipinski definition) is 7. The summed E-state index contributed by atoms with van der Waals surface area (Å²) in [4.78, 5) is 4.67. The van der Waals surface area contributed by atoms with E-state index < -0.39 is 10.0 Å². The van der Waals surface area contributed by atoms with Gasteiger partial charge in [-0.3, -0.25) is 0 Å². The number of nitrogens with zero attached hydrogens (tertiary/aromatic N) is 6. The van der Waals surface area contributed by atoms with E-state index in [9.17, 15) is 8.42 Å². The number of rotatable bonds is 8. The van der Waals surface area contributed by atoms with Gasteiger partial charge in [0.2, 0.25) is 10.0 Å². The van der Waals surface area contributed by atoms with Crippen LogP contribution in [0.5, 0.6) is 0 Å². The number of sulfonamides is 1. The van der Waals surface area contributed by atoms with E-state index in [1.165, 1.54) is 4.68 Å². The number of nitrogens with two attached hydrogens (primary N) is 1. The molecule has 2 aromatic heterocycles. The van der Waals surface area contributed by atoms with Crippen LogP contribution in [0.2, 0.25) is 0 Å². The molecule has 0 radical (unpaired) electrons. The third kappa shape index (κ3) is 4.27. The second kappa shape index (κ2) is 7.89. The number of primary sulfonamides is 1. The van der Waals surface area contributed by atoms with E-state index in [4.69, 9.17) is 9.88 Å². The lowest BCUT2D eigenvalue weighted by Gasteiger charge is -2.09. The van der Waals surface area contributed by atoms with Crippen LogP contribution in [0.3, 0.4) is 0 Å². The SMILES string of the molecule is COC(c1nc(-c2nnn(-c3cccc(C)c3)c2C)n(CCS(N)(=O)=O)n1)C1CC1. The largest absolute Gasteiger partial charge is 0.373 e. The Hall–Kier alpha value is -2.63. The minimum atomic E-state index is -3.66. The molecule has 1 saturated carbocycles. The van der Waals surface area contributed by atoms with E-state index in [-0.39, 0.29) is 18.4 Å². The molecule has 4 rings (SSSR count). The molecule has 1 aliphatic carbocycles. The van der Waals surface area contributed by atoms with E-state index in [2.05, 4.69) is 20.4 Å². The molecular formula is C19H25N7O3S. The van der Waals surface area contributed by atoms with Gasteiger partial charge in [-0.25, -0.2) is 27.9 Å². The van der Waals surface area contributed by atoms with Crippen LogP contribution in [0.25, 0.3) is 17.2 Å². The van der Waals surface area contributed by atoms with Gasteiger partial charge in [0.25, 0.3) is 0 Å². The smallest absolute Gasteiger partial charge is 0.210 e. The zero-order chi connectivity index (χ0) is 21.5. The van der Waals surface area contributed by atoms with Crippen LogP contribution in [0, 0.1) is 19.8 Å². The maximum absolute atomic E-state index is 11.5. The molecule has 2 heterocycles. The second-order valence-electron chi connectivity index (χ2n) is 7.65. The first-order valence-corrected chi connectivity index (χ1v) is 11.5. The number of benzene rings is 1. The third-order valence-electron chi connectivity index (χ3n) is 5.19. The monoisotopic (exact) mass is 431 g/mol. The van der Waals surface area contributed by atoms with Crippen molar-refractivity contribution in [2.45, 2.75) is 39.3 Å². The summed E-state index contributed by atoms with van der Waals surface area (Å²) in [5.74, 6) is 1.09. The van der Waals surface area contributed by atoms with E-state index in [0.29, 0.717) is 23.3 Å². The van der Waals surface area contributed by atoms with Gasteiger partial charge in [0.1, 0.15) is 6.10 Å². The quantitative estimate of drug-likeness (QED) is 0.572. The molecule has 1 fully saturated rings. The van der Waals surface area contributed by atoms with Crippen molar-refractivity contribution in [2.24, 2.45) is 11.1 Å². The topological polar surface area (TPSA) is 131 Å². The summed E-state index contributed by atoms with van der Waals surface area (Å²) in [6.07, 6.45) is 1.89. The second-order valence-corrected chi connectivity index (χ2v) is 9.39. The number of aromatic nitrogens is 6. The normalized spacial score (nSPS) is 15.5. The molecule has 0 amide bonds. The van der Waals surface area contributed by atoms with Gasteiger partial charge in [-0.15, -0.1) is 5.10 Å². The lowest BCUT2D eigenvalue weighted by Crippen LogP contribution is -2.21. The van der Waals surface area contributed by atoms with E-state index in [1.54, 1.807) is 11.8 Å². The summed E-state index contributed by atoms with van der Waals surface area (Å²) < 4.78 is 31.9. The van der Waals surface area contributed by atoms with Crippen molar-refractivity contribution in [2.75, 3.05) is 12.9 Å². The Morgan fingerprint density at radius 2 is 2.07 bits per heavy atom. The fourth-order valence-electron chi connectivity index (χ4n) is 3.47. The highest BCUT2D eigenvalue weighted by Gasteiger charge is 2.36. The summed E-state index contributed by atoms with van der Waals surface area (Å²) in [5.41, 5.74) is 3.30. The highest BCUT2D eigenvalue weighted by Crippen LogP contribution is 2.42. The molecule has 1 unspecified atom stereocenters. The summed E-state index contributed by atoms with van der Waals surface area (Å²) in [6.45, 7) is 3.97. The molecule has 0 aliphatic heterocycles. The molecule has 30 heavy (non-hydrogen) atoms. The van der Waals surface area contributed by atoms with Gasteiger partial charge < -0.3 is 4.74 Å². The maximum atomic E-state index is 11.5. The average molecular weight is 432 g/mol. The fourth-order valence-corrected chi connectivity index (χ4v) is 3.90. The predicted molar refractivity (Wildman–Crippen MR) is 110 cm³/mol. The molecule has 3 aromatic rings. The molecule has 1 aromatic carbocycles. The Kier molecular flexibility index (Phi) is 5.43. The Balaban J connectivity index is 1.76. The summed E-state index contributed by atoms with van der Waals surface area (Å²) in [7, 11) is -2.02. The zero-order valence-corrected chi connectivity index (χ0v) is 18.0. The molecule has 0 saturated heterocycles. The summed E-state index contributed by atoms with van der Waals surface area (Å²) >= 11 is 0. The first-order valence-electron chi connectivity index (χ1n) is 9.74. The van der Waals surface area contributed by atoms with Crippen molar-refractivity contribution >= 4 is 10.0 Å². The van der Waals surface area contributed by atoms with E-state index in [1.807, 2.05) is 38.1 Å². The molecule has 160 valence electrons. The van der Waals surface area contributed by atoms with Gasteiger partial charge in [0.15, 0.2) is 17.3 Å². The minimum Gasteiger partial charge on any atom is -0.373 e. The minimum absolute atomic E-state index is 0.0685. The number of hydrogen-bond donors (Lipinski definition) is 1. The molecule has 0 bridgehead atoms. The number of aryl methyl sites for hydroxylation is 2. The first-order chi connectivity index (χ1) is 14.3. The van der Waals surface area contributed by atoms with Crippen LogP contribution in [0.1, 0.15) is 36.0 Å².